The van der Waals surface area contributed by atoms with Crippen LogP contribution in [0.1, 0.15) is 38.3 Å². The van der Waals surface area contributed by atoms with Gasteiger partial charge in [-0.15, -0.1) is 0 Å². The van der Waals surface area contributed by atoms with Crippen molar-refractivity contribution in [1.82, 2.24) is 9.78 Å². The number of aryl methyl sites for hydroxylation is 1. The van der Waals surface area contributed by atoms with Crippen LogP contribution in [0.3, 0.4) is 0 Å². The van der Waals surface area contributed by atoms with Gasteiger partial charge < -0.3 is 16.2 Å². The fourth-order valence-corrected chi connectivity index (χ4v) is 2.23. The van der Waals surface area contributed by atoms with E-state index < -0.39 is 0 Å². The molecule has 1 aromatic carbocycles. The molecular formula is C17H23N5O. The Morgan fingerprint density at radius 3 is 2.39 bits per heavy atom. The third-order valence-electron chi connectivity index (χ3n) is 3.63. The van der Waals surface area contributed by atoms with Crippen molar-refractivity contribution < 1.29 is 4.74 Å². The van der Waals surface area contributed by atoms with Gasteiger partial charge in [0.1, 0.15) is 23.2 Å². The lowest BCUT2D eigenvalue weighted by molar-refractivity contribution is 0.299. The second kappa shape index (κ2) is 6.61. The molecule has 23 heavy (non-hydrogen) atoms. The van der Waals surface area contributed by atoms with E-state index in [-0.39, 0.29) is 16.8 Å². The van der Waals surface area contributed by atoms with Crippen molar-refractivity contribution in [3.05, 3.63) is 35.4 Å². The number of benzene rings is 1. The Balaban J connectivity index is 1.85. The van der Waals surface area contributed by atoms with Gasteiger partial charge in [0.25, 0.3) is 0 Å². The van der Waals surface area contributed by atoms with E-state index in [0.29, 0.717) is 19.0 Å². The molecule has 0 saturated carbocycles. The van der Waals surface area contributed by atoms with E-state index >= 15 is 0 Å². The van der Waals surface area contributed by atoms with Crippen LogP contribution in [0.25, 0.3) is 0 Å². The molecule has 0 atom stereocenters. The lowest BCUT2D eigenvalue weighted by Gasteiger charge is -2.19. The van der Waals surface area contributed by atoms with Gasteiger partial charge in [-0.05, 0) is 23.1 Å². The van der Waals surface area contributed by atoms with E-state index in [2.05, 4.69) is 38.0 Å². The molecule has 1 heterocycles. The molecule has 0 saturated heterocycles. The van der Waals surface area contributed by atoms with Gasteiger partial charge in [0.05, 0.1) is 6.61 Å². The molecule has 0 aliphatic heterocycles. The second-order valence-corrected chi connectivity index (χ2v) is 6.46. The van der Waals surface area contributed by atoms with E-state index in [1.165, 1.54) is 5.56 Å². The van der Waals surface area contributed by atoms with Crippen molar-refractivity contribution in [3.8, 4) is 11.8 Å². The van der Waals surface area contributed by atoms with Crippen LogP contribution in [0.15, 0.2) is 24.3 Å². The first-order valence-corrected chi connectivity index (χ1v) is 7.58. The minimum atomic E-state index is 0.133. The van der Waals surface area contributed by atoms with Crippen LogP contribution in [0, 0.1) is 11.3 Å². The normalized spacial score (nSPS) is 11.2. The van der Waals surface area contributed by atoms with Crippen molar-refractivity contribution in [1.29, 1.82) is 5.26 Å². The molecule has 2 aromatic rings. The molecule has 0 aliphatic carbocycles. The van der Waals surface area contributed by atoms with Crippen molar-refractivity contribution in [2.45, 2.75) is 39.2 Å². The van der Waals surface area contributed by atoms with Crippen molar-refractivity contribution in [3.63, 3.8) is 0 Å². The number of nitriles is 1. The average Bonchev–Trinajstić information content (AvgIpc) is 2.77. The topological polar surface area (TPSA) is 103 Å². The summed E-state index contributed by atoms with van der Waals surface area (Å²) in [5.41, 5.74) is 13.1. The highest BCUT2D eigenvalue weighted by molar-refractivity contribution is 5.61. The molecule has 6 heteroatoms. The van der Waals surface area contributed by atoms with Crippen LogP contribution in [0.5, 0.6) is 5.75 Å². The van der Waals surface area contributed by atoms with Crippen molar-refractivity contribution >= 4 is 11.6 Å². The zero-order valence-corrected chi connectivity index (χ0v) is 13.8. The Morgan fingerprint density at radius 2 is 1.87 bits per heavy atom. The van der Waals surface area contributed by atoms with E-state index in [0.717, 1.165) is 12.2 Å². The van der Waals surface area contributed by atoms with Crippen molar-refractivity contribution in [2.75, 3.05) is 18.1 Å². The fraction of sp³-hybridized carbons (Fsp3) is 0.412. The van der Waals surface area contributed by atoms with Crippen LogP contribution in [0.4, 0.5) is 11.6 Å². The Bertz CT molecular complexity index is 704. The Kier molecular flexibility index (Phi) is 4.80. The first-order chi connectivity index (χ1) is 10.8. The number of nitrogens with zero attached hydrogens (tertiary/aromatic N) is 3. The number of nitrogens with two attached hydrogens (primary N) is 2. The summed E-state index contributed by atoms with van der Waals surface area (Å²) in [6.45, 7) is 7.63. The number of hydrogen-bond acceptors (Lipinski definition) is 5. The first kappa shape index (κ1) is 16.7. The third kappa shape index (κ3) is 3.95. The third-order valence-corrected chi connectivity index (χ3v) is 3.63. The van der Waals surface area contributed by atoms with Gasteiger partial charge in [-0.2, -0.15) is 10.4 Å². The van der Waals surface area contributed by atoms with Crippen LogP contribution in [-0.2, 0) is 12.0 Å². The van der Waals surface area contributed by atoms with Crippen LogP contribution < -0.4 is 16.2 Å². The predicted molar refractivity (Wildman–Crippen MR) is 91.0 cm³/mol. The average molecular weight is 313 g/mol. The summed E-state index contributed by atoms with van der Waals surface area (Å²) < 4.78 is 7.26. The molecule has 6 nitrogen and oxygen atoms in total. The molecule has 0 aliphatic rings. The molecule has 2 rings (SSSR count). The zero-order chi connectivity index (χ0) is 17.0. The molecule has 0 bridgehead atoms. The summed E-state index contributed by atoms with van der Waals surface area (Å²) in [6.07, 6.45) is 0.719. The summed E-state index contributed by atoms with van der Waals surface area (Å²) in [4.78, 5) is 0. The largest absolute Gasteiger partial charge is 0.494 e. The smallest absolute Gasteiger partial charge is 0.165 e. The van der Waals surface area contributed by atoms with Gasteiger partial charge in [-0.3, -0.25) is 0 Å². The van der Waals surface area contributed by atoms with Crippen molar-refractivity contribution in [2.24, 2.45) is 0 Å². The molecule has 0 unspecified atom stereocenters. The highest BCUT2D eigenvalue weighted by atomic mass is 16.5. The minimum absolute atomic E-state index is 0.133. The summed E-state index contributed by atoms with van der Waals surface area (Å²) >= 11 is 0. The van der Waals surface area contributed by atoms with Crippen LogP contribution >= 0.6 is 0 Å². The maximum absolute atomic E-state index is 8.92. The number of rotatable bonds is 5. The predicted octanol–water partition coefficient (Wildman–Crippen LogP) is 2.69. The van der Waals surface area contributed by atoms with Gasteiger partial charge in [0.2, 0.25) is 0 Å². The van der Waals surface area contributed by atoms with Gasteiger partial charge in [0.15, 0.2) is 5.82 Å². The fourth-order valence-electron chi connectivity index (χ4n) is 2.23. The maximum Gasteiger partial charge on any atom is 0.165 e. The van der Waals surface area contributed by atoms with E-state index in [9.17, 15) is 0 Å². The molecule has 0 amide bonds. The Hall–Kier alpha value is -2.68. The Morgan fingerprint density at radius 1 is 1.22 bits per heavy atom. The summed E-state index contributed by atoms with van der Waals surface area (Å²) in [7, 11) is 0. The first-order valence-electron chi connectivity index (χ1n) is 7.58. The molecule has 122 valence electrons. The standard InChI is InChI=1S/C17H23N5O/c1-17(2,3)12-5-7-13(8-6-12)23-10-4-9-22-16(20)14(11-18)15(19)21-22/h5-8H,4,9-10,20H2,1-3H3,(H2,19,21). The van der Waals surface area contributed by atoms with E-state index in [1.807, 2.05) is 18.2 Å². The van der Waals surface area contributed by atoms with Gasteiger partial charge in [-0.25, -0.2) is 4.68 Å². The number of ether oxygens (including phenoxy) is 1. The molecule has 1 aromatic heterocycles. The van der Waals surface area contributed by atoms with Gasteiger partial charge in [-0.1, -0.05) is 32.9 Å². The zero-order valence-electron chi connectivity index (χ0n) is 13.8. The lowest BCUT2D eigenvalue weighted by atomic mass is 9.87. The minimum Gasteiger partial charge on any atom is -0.494 e. The molecule has 4 N–H and O–H groups in total. The number of anilines is 2. The molecule has 0 spiro atoms. The highest BCUT2D eigenvalue weighted by Gasteiger charge is 2.13. The lowest BCUT2D eigenvalue weighted by Crippen LogP contribution is -2.11. The monoisotopic (exact) mass is 313 g/mol. The highest BCUT2D eigenvalue weighted by Crippen LogP contribution is 2.24. The van der Waals surface area contributed by atoms with Gasteiger partial charge in [0, 0.05) is 13.0 Å². The Labute approximate surface area is 136 Å². The molecular weight excluding hydrogens is 290 g/mol. The summed E-state index contributed by atoms with van der Waals surface area (Å²) in [5, 5.41) is 13.0. The second-order valence-electron chi connectivity index (χ2n) is 6.46. The van der Waals surface area contributed by atoms with E-state index in [1.54, 1.807) is 4.68 Å². The summed E-state index contributed by atoms with van der Waals surface area (Å²) in [6, 6.07) is 10.1. The molecule has 0 fully saturated rings. The number of hydrogen-bond donors (Lipinski definition) is 2. The number of nitrogen functional groups attached to an aromatic ring is 2. The molecule has 0 radical (unpaired) electrons. The van der Waals surface area contributed by atoms with Crippen LogP contribution in [0.2, 0.25) is 0 Å². The number of aromatic nitrogens is 2. The van der Waals surface area contributed by atoms with Crippen LogP contribution in [-0.4, -0.2) is 16.4 Å². The summed E-state index contributed by atoms with van der Waals surface area (Å²) in [5.74, 6) is 1.31. The maximum atomic E-state index is 8.92. The SMILES string of the molecule is CC(C)(C)c1ccc(OCCCn2nc(N)c(C#N)c2N)cc1. The quantitative estimate of drug-likeness (QED) is 0.826. The van der Waals surface area contributed by atoms with Gasteiger partial charge >= 0.3 is 0 Å². The van der Waals surface area contributed by atoms with E-state index in [4.69, 9.17) is 21.5 Å².